The van der Waals surface area contributed by atoms with E-state index < -0.39 is 0 Å². The molecule has 0 aromatic rings. The van der Waals surface area contributed by atoms with E-state index in [-0.39, 0.29) is 6.10 Å². The lowest BCUT2D eigenvalue weighted by Gasteiger charge is -2.47. The average molecular weight is 264 g/mol. The third-order valence-electron chi connectivity index (χ3n) is 8.10. The molecule has 1 heteroatoms. The molecular weight excluding hydrogens is 232 g/mol. The summed E-state index contributed by atoms with van der Waals surface area (Å²) in [4.78, 5) is 0. The minimum Gasteiger partial charge on any atom is -0.393 e. The first kappa shape index (κ1) is 13.9. The Hall–Kier alpha value is -0.0400. The highest BCUT2D eigenvalue weighted by molar-refractivity contribution is 5.12. The van der Waals surface area contributed by atoms with Crippen LogP contribution in [0.5, 0.6) is 0 Å². The first-order valence-corrected chi connectivity index (χ1v) is 8.45. The molecule has 0 unspecified atom stereocenters. The highest BCUT2D eigenvalue weighted by atomic mass is 16.3. The number of hydrogen-bond donors (Lipinski definition) is 1. The van der Waals surface area contributed by atoms with Gasteiger partial charge in [0.05, 0.1) is 6.10 Å². The Morgan fingerprint density at radius 2 is 1.58 bits per heavy atom. The van der Waals surface area contributed by atoms with Crippen molar-refractivity contribution < 1.29 is 5.11 Å². The van der Waals surface area contributed by atoms with Crippen LogP contribution >= 0.6 is 0 Å². The Balaban J connectivity index is 1.84. The summed E-state index contributed by atoms with van der Waals surface area (Å²) in [6, 6.07) is 0. The Morgan fingerprint density at radius 3 is 2.11 bits per heavy atom. The van der Waals surface area contributed by atoms with Crippen LogP contribution in [0, 0.1) is 40.4 Å². The van der Waals surface area contributed by atoms with E-state index in [1.807, 2.05) is 0 Å². The summed E-state index contributed by atoms with van der Waals surface area (Å²) >= 11 is 0. The largest absolute Gasteiger partial charge is 0.393 e. The second kappa shape index (κ2) is 4.23. The zero-order valence-corrected chi connectivity index (χ0v) is 13.4. The van der Waals surface area contributed by atoms with E-state index in [0.29, 0.717) is 22.7 Å². The Bertz CT molecular complexity index is 361. The van der Waals surface area contributed by atoms with Crippen molar-refractivity contribution in [2.24, 2.45) is 40.4 Å². The first-order valence-electron chi connectivity index (χ1n) is 8.45. The van der Waals surface area contributed by atoms with E-state index in [2.05, 4.69) is 34.6 Å². The van der Waals surface area contributed by atoms with Gasteiger partial charge in [-0.1, -0.05) is 34.6 Å². The van der Waals surface area contributed by atoms with Gasteiger partial charge in [0.25, 0.3) is 0 Å². The highest BCUT2D eigenvalue weighted by Gasteiger charge is 2.63. The van der Waals surface area contributed by atoms with E-state index in [1.165, 1.54) is 25.7 Å². The molecule has 7 atom stereocenters. The van der Waals surface area contributed by atoms with Crippen molar-refractivity contribution in [1.29, 1.82) is 0 Å². The summed E-state index contributed by atoms with van der Waals surface area (Å²) < 4.78 is 0. The molecule has 3 aliphatic rings. The van der Waals surface area contributed by atoms with Gasteiger partial charge in [-0.15, -0.1) is 0 Å². The average Bonchev–Trinajstić information content (AvgIpc) is 2.66. The fourth-order valence-electron chi connectivity index (χ4n) is 5.95. The van der Waals surface area contributed by atoms with Gasteiger partial charge >= 0.3 is 0 Å². The van der Waals surface area contributed by atoms with Gasteiger partial charge in [0.1, 0.15) is 0 Å². The number of aliphatic hydroxyl groups is 1. The Morgan fingerprint density at radius 1 is 0.947 bits per heavy atom. The summed E-state index contributed by atoms with van der Waals surface area (Å²) in [7, 11) is 0. The molecule has 0 saturated heterocycles. The van der Waals surface area contributed by atoms with E-state index in [4.69, 9.17) is 0 Å². The van der Waals surface area contributed by atoms with Gasteiger partial charge in [0.2, 0.25) is 0 Å². The van der Waals surface area contributed by atoms with E-state index in [0.717, 1.165) is 24.2 Å². The molecule has 3 rings (SSSR count). The van der Waals surface area contributed by atoms with Gasteiger partial charge < -0.3 is 5.11 Å². The monoisotopic (exact) mass is 264 g/mol. The van der Waals surface area contributed by atoms with Crippen molar-refractivity contribution in [1.82, 2.24) is 0 Å². The summed E-state index contributed by atoms with van der Waals surface area (Å²) in [5.41, 5.74) is 0.966. The second-order valence-corrected chi connectivity index (χ2v) is 8.87. The molecule has 3 saturated carbocycles. The van der Waals surface area contributed by atoms with Crippen molar-refractivity contribution in [2.45, 2.75) is 72.8 Å². The van der Waals surface area contributed by atoms with Crippen LogP contribution in [0.3, 0.4) is 0 Å². The molecule has 0 aliphatic heterocycles. The molecule has 0 aromatic carbocycles. The molecule has 19 heavy (non-hydrogen) atoms. The molecule has 0 aromatic heterocycles. The molecule has 3 fully saturated rings. The normalized spacial score (nSPS) is 56.5. The van der Waals surface area contributed by atoms with Gasteiger partial charge in [-0.3, -0.25) is 0 Å². The van der Waals surface area contributed by atoms with E-state index >= 15 is 0 Å². The van der Waals surface area contributed by atoms with Crippen LogP contribution in [0.25, 0.3) is 0 Å². The number of aliphatic hydroxyl groups excluding tert-OH is 1. The third kappa shape index (κ3) is 1.76. The van der Waals surface area contributed by atoms with Crippen molar-refractivity contribution in [2.75, 3.05) is 0 Å². The van der Waals surface area contributed by atoms with Crippen LogP contribution in [0.15, 0.2) is 0 Å². The molecule has 0 spiro atoms. The highest BCUT2D eigenvalue weighted by Crippen LogP contribution is 2.70. The molecule has 0 amide bonds. The molecule has 3 aliphatic carbocycles. The maximum absolute atomic E-state index is 10.6. The maximum atomic E-state index is 10.6. The predicted octanol–water partition coefficient (Wildman–Crippen LogP) is 4.49. The van der Waals surface area contributed by atoms with Gasteiger partial charge in [-0.2, -0.15) is 0 Å². The topological polar surface area (TPSA) is 20.2 Å². The van der Waals surface area contributed by atoms with Crippen LogP contribution in [0.1, 0.15) is 66.7 Å². The lowest BCUT2D eigenvalue weighted by Crippen LogP contribution is -2.44. The molecule has 0 radical (unpaired) electrons. The summed E-state index contributed by atoms with van der Waals surface area (Å²) in [6.45, 7) is 12.2. The van der Waals surface area contributed by atoms with Crippen molar-refractivity contribution >= 4 is 0 Å². The van der Waals surface area contributed by atoms with Crippen LogP contribution in [0.4, 0.5) is 0 Å². The lowest BCUT2D eigenvalue weighted by atomic mass is 9.58. The predicted molar refractivity (Wildman–Crippen MR) is 79.8 cm³/mol. The molecule has 110 valence electrons. The van der Waals surface area contributed by atoms with Gasteiger partial charge in [0, 0.05) is 0 Å². The van der Waals surface area contributed by atoms with Crippen molar-refractivity contribution in [3.63, 3.8) is 0 Å². The van der Waals surface area contributed by atoms with E-state index in [1.54, 1.807) is 0 Å². The van der Waals surface area contributed by atoms with Crippen molar-refractivity contribution in [3.8, 4) is 0 Å². The molecule has 1 nitrogen and oxygen atoms in total. The molecular formula is C18H32O. The zero-order chi connectivity index (χ0) is 14.0. The van der Waals surface area contributed by atoms with Gasteiger partial charge in [-0.05, 0) is 72.5 Å². The molecule has 2 bridgehead atoms. The van der Waals surface area contributed by atoms with Gasteiger partial charge in [-0.25, -0.2) is 0 Å². The van der Waals surface area contributed by atoms with Crippen LogP contribution in [0.2, 0.25) is 0 Å². The minimum atomic E-state index is -0.0387. The van der Waals surface area contributed by atoms with Crippen LogP contribution in [-0.4, -0.2) is 11.2 Å². The summed E-state index contributed by atoms with van der Waals surface area (Å²) in [6.07, 6.45) is 6.45. The van der Waals surface area contributed by atoms with Crippen molar-refractivity contribution in [3.05, 3.63) is 0 Å². The number of fused-ring (bicyclic) bond motifs is 2. The second-order valence-electron chi connectivity index (χ2n) is 8.87. The Kier molecular flexibility index (Phi) is 3.10. The maximum Gasteiger partial charge on any atom is 0.0574 e. The smallest absolute Gasteiger partial charge is 0.0574 e. The summed E-state index contributed by atoms with van der Waals surface area (Å²) in [5, 5.41) is 10.6. The minimum absolute atomic E-state index is 0.0387. The summed E-state index contributed by atoms with van der Waals surface area (Å²) in [5.74, 6) is 3.74. The first-order chi connectivity index (χ1) is 8.77. The lowest BCUT2D eigenvalue weighted by molar-refractivity contribution is -0.0469. The number of rotatable bonds is 1. The zero-order valence-electron chi connectivity index (χ0n) is 13.4. The van der Waals surface area contributed by atoms with Crippen LogP contribution < -0.4 is 0 Å². The number of hydrogen-bond acceptors (Lipinski definition) is 1. The third-order valence-corrected chi connectivity index (χ3v) is 8.10. The standard InChI is InChI=1S/C18H32O/c1-11-8-14(16(19)9-12(11)2)15-10-13-6-7-18(15,5)17(13,3)4/h11-16,19H,6-10H2,1-5H3/t11-,12+,13+,14-,15+,16-,18+/m0/s1. The fraction of sp³-hybridized carbons (Fsp3) is 1.00. The van der Waals surface area contributed by atoms with Crippen LogP contribution in [-0.2, 0) is 0 Å². The fourth-order valence-corrected chi connectivity index (χ4v) is 5.95. The van der Waals surface area contributed by atoms with E-state index in [9.17, 15) is 5.11 Å². The SMILES string of the molecule is C[C@@H]1C[C@H](O)[C@H]([C@H]2C[C@H]3CC[C@@]2(C)C3(C)C)C[C@@H]1C. The molecule has 0 heterocycles. The van der Waals surface area contributed by atoms with Gasteiger partial charge in [0.15, 0.2) is 0 Å². The molecule has 1 N–H and O–H groups in total. The Labute approximate surface area is 119 Å². The quantitative estimate of drug-likeness (QED) is 0.739.